The number of halogens is 1. The number of furan rings is 1. The summed E-state index contributed by atoms with van der Waals surface area (Å²) in [6.07, 6.45) is 6.13. The van der Waals surface area contributed by atoms with Crippen molar-refractivity contribution in [1.82, 2.24) is 24.6 Å². The fourth-order valence-corrected chi connectivity index (χ4v) is 4.15. The first-order chi connectivity index (χ1) is 13.6. The van der Waals surface area contributed by atoms with Crippen LogP contribution in [0.4, 0.5) is 0 Å². The van der Waals surface area contributed by atoms with E-state index in [1.54, 1.807) is 18.2 Å². The quantitative estimate of drug-likeness (QED) is 0.667. The van der Waals surface area contributed by atoms with Crippen LogP contribution in [0.1, 0.15) is 40.2 Å². The van der Waals surface area contributed by atoms with Crippen LogP contribution >= 0.6 is 12.4 Å². The lowest BCUT2D eigenvalue weighted by atomic mass is 10.1. The van der Waals surface area contributed by atoms with E-state index < -0.39 is 5.91 Å². The van der Waals surface area contributed by atoms with Gasteiger partial charge in [0.2, 0.25) is 0 Å². The molecule has 2 aliphatic rings. The average molecular weight is 417 g/mol. The molecule has 2 fully saturated rings. The minimum absolute atomic E-state index is 0. The van der Waals surface area contributed by atoms with Gasteiger partial charge in [0.25, 0.3) is 11.8 Å². The van der Waals surface area contributed by atoms with E-state index >= 15 is 0 Å². The van der Waals surface area contributed by atoms with Gasteiger partial charge in [-0.2, -0.15) is 0 Å². The summed E-state index contributed by atoms with van der Waals surface area (Å²) in [6, 6.07) is 5.97. The number of nitrogens with one attached hydrogen (secondary N) is 1. The van der Waals surface area contributed by atoms with Crippen LogP contribution in [0.25, 0.3) is 17.1 Å². The van der Waals surface area contributed by atoms with Crippen molar-refractivity contribution in [2.75, 3.05) is 13.1 Å². The zero-order chi connectivity index (χ0) is 19.3. The molecule has 2 atom stereocenters. The molecule has 3 aromatic heterocycles. The summed E-state index contributed by atoms with van der Waals surface area (Å²) < 4.78 is 6.98. The van der Waals surface area contributed by atoms with E-state index in [1.807, 2.05) is 4.90 Å². The molecule has 152 valence electrons. The second-order valence-corrected chi connectivity index (χ2v) is 7.33. The second-order valence-electron chi connectivity index (χ2n) is 7.33. The van der Waals surface area contributed by atoms with Gasteiger partial charge in [-0.25, -0.2) is 9.97 Å². The van der Waals surface area contributed by atoms with Crippen LogP contribution in [0, 0.1) is 0 Å². The Hall–Kier alpha value is -2.91. The minimum atomic E-state index is -0.693. The maximum absolute atomic E-state index is 13.4. The standard InChI is InChI=1S/C19H20N6O3.ClH/c20-17(26)16-18-23-13(15-2-1-7-28-15)8-14(25(18)10-21-16)19(27)24-6-5-11-3-4-12(9-24)22-11;/h1-2,7-8,10-12,22H,3-6,9H2,(H2,20,26);1H. The van der Waals surface area contributed by atoms with Gasteiger partial charge < -0.3 is 20.4 Å². The maximum atomic E-state index is 13.4. The van der Waals surface area contributed by atoms with Gasteiger partial charge in [-0.1, -0.05) is 0 Å². The zero-order valence-corrected chi connectivity index (χ0v) is 16.4. The summed E-state index contributed by atoms with van der Waals surface area (Å²) in [5, 5.41) is 3.58. The highest BCUT2D eigenvalue weighted by molar-refractivity contribution is 5.99. The van der Waals surface area contributed by atoms with Gasteiger partial charge in [-0.15, -0.1) is 12.4 Å². The largest absolute Gasteiger partial charge is 0.463 e. The Bertz CT molecular complexity index is 1060. The van der Waals surface area contributed by atoms with Gasteiger partial charge in [-0.05, 0) is 37.5 Å². The predicted octanol–water partition coefficient (Wildman–Crippen LogP) is 1.48. The average Bonchev–Trinajstić information content (AvgIpc) is 3.39. The van der Waals surface area contributed by atoms with Crippen molar-refractivity contribution in [3.05, 3.63) is 42.2 Å². The van der Waals surface area contributed by atoms with Crippen LogP contribution < -0.4 is 11.1 Å². The van der Waals surface area contributed by atoms with E-state index in [1.165, 1.54) is 23.4 Å². The molecule has 0 spiro atoms. The molecule has 5 rings (SSSR count). The zero-order valence-electron chi connectivity index (χ0n) is 15.6. The van der Waals surface area contributed by atoms with Gasteiger partial charge in [0, 0.05) is 25.2 Å². The molecule has 3 N–H and O–H groups in total. The summed E-state index contributed by atoms with van der Waals surface area (Å²) in [5.41, 5.74) is 6.56. The summed E-state index contributed by atoms with van der Waals surface area (Å²) in [4.78, 5) is 35.6. The highest BCUT2D eigenvalue weighted by Gasteiger charge is 2.32. The van der Waals surface area contributed by atoms with Crippen molar-refractivity contribution >= 4 is 29.9 Å². The van der Waals surface area contributed by atoms with E-state index in [9.17, 15) is 9.59 Å². The van der Waals surface area contributed by atoms with Crippen LogP contribution in [-0.4, -0.2) is 56.3 Å². The lowest BCUT2D eigenvalue weighted by molar-refractivity contribution is 0.0740. The van der Waals surface area contributed by atoms with Crippen LogP contribution in [0.5, 0.6) is 0 Å². The smallest absolute Gasteiger partial charge is 0.271 e. The van der Waals surface area contributed by atoms with E-state index in [4.69, 9.17) is 10.2 Å². The highest BCUT2D eigenvalue weighted by Crippen LogP contribution is 2.25. The number of rotatable bonds is 3. The molecule has 2 saturated heterocycles. The van der Waals surface area contributed by atoms with Gasteiger partial charge in [0.15, 0.2) is 17.1 Å². The van der Waals surface area contributed by atoms with Crippen molar-refractivity contribution in [2.45, 2.75) is 31.3 Å². The number of likely N-dealkylation sites (tertiary alicyclic amines) is 1. The van der Waals surface area contributed by atoms with Crippen molar-refractivity contribution < 1.29 is 14.0 Å². The molecule has 0 radical (unpaired) electrons. The third kappa shape index (κ3) is 3.36. The molecule has 0 aromatic carbocycles. The Balaban J connectivity index is 0.00000205. The SMILES string of the molecule is Cl.NC(=O)c1ncn2c(C(=O)N3CCC4CCC(C3)N4)cc(-c3ccco3)nc12. The molecule has 2 aliphatic heterocycles. The van der Waals surface area contributed by atoms with E-state index in [0.717, 1.165) is 12.8 Å². The molecule has 2 bridgehead atoms. The number of nitrogens with two attached hydrogens (primary N) is 1. The summed E-state index contributed by atoms with van der Waals surface area (Å²) in [6.45, 7) is 1.34. The molecule has 2 amide bonds. The summed E-state index contributed by atoms with van der Waals surface area (Å²) in [7, 11) is 0. The maximum Gasteiger partial charge on any atom is 0.271 e. The second kappa shape index (κ2) is 7.49. The summed E-state index contributed by atoms with van der Waals surface area (Å²) in [5.74, 6) is -0.311. The van der Waals surface area contributed by atoms with Gasteiger partial charge in [-0.3, -0.25) is 14.0 Å². The molecule has 9 nitrogen and oxygen atoms in total. The van der Waals surface area contributed by atoms with E-state index in [0.29, 0.717) is 42.3 Å². The van der Waals surface area contributed by atoms with Gasteiger partial charge in [0.1, 0.15) is 17.7 Å². The van der Waals surface area contributed by atoms with Crippen molar-refractivity contribution in [3.8, 4) is 11.5 Å². The number of imidazole rings is 1. The van der Waals surface area contributed by atoms with E-state index in [-0.39, 0.29) is 29.7 Å². The van der Waals surface area contributed by atoms with Crippen molar-refractivity contribution in [3.63, 3.8) is 0 Å². The Morgan fingerprint density at radius 1 is 1.24 bits per heavy atom. The Morgan fingerprint density at radius 2 is 2.07 bits per heavy atom. The lowest BCUT2D eigenvalue weighted by Crippen LogP contribution is -2.39. The van der Waals surface area contributed by atoms with Crippen molar-refractivity contribution in [2.24, 2.45) is 5.73 Å². The van der Waals surface area contributed by atoms with E-state index in [2.05, 4.69) is 15.3 Å². The molecule has 0 aliphatic carbocycles. The molecule has 29 heavy (non-hydrogen) atoms. The van der Waals surface area contributed by atoms with Crippen LogP contribution in [0.2, 0.25) is 0 Å². The molecular weight excluding hydrogens is 396 g/mol. The fourth-order valence-electron chi connectivity index (χ4n) is 4.15. The van der Waals surface area contributed by atoms with Gasteiger partial charge >= 0.3 is 0 Å². The Morgan fingerprint density at radius 3 is 2.83 bits per heavy atom. The predicted molar refractivity (Wildman–Crippen MR) is 107 cm³/mol. The fraction of sp³-hybridized carbons (Fsp3) is 0.368. The number of fused-ring (bicyclic) bond motifs is 3. The number of hydrogen-bond donors (Lipinski definition) is 2. The Kier molecular flexibility index (Phi) is 5.01. The molecule has 2 unspecified atom stereocenters. The molecule has 10 heteroatoms. The Labute approximate surface area is 172 Å². The third-order valence-corrected chi connectivity index (χ3v) is 5.54. The topological polar surface area (TPSA) is 119 Å². The third-order valence-electron chi connectivity index (χ3n) is 5.54. The lowest BCUT2D eigenvalue weighted by Gasteiger charge is -2.24. The monoisotopic (exact) mass is 416 g/mol. The number of nitrogens with zero attached hydrogens (tertiary/aromatic N) is 4. The first-order valence-electron chi connectivity index (χ1n) is 9.37. The number of amides is 2. The molecule has 0 saturated carbocycles. The highest BCUT2D eigenvalue weighted by atomic mass is 35.5. The minimum Gasteiger partial charge on any atom is -0.463 e. The van der Waals surface area contributed by atoms with Gasteiger partial charge in [0.05, 0.1) is 6.26 Å². The number of carbonyl (C=O) groups excluding carboxylic acids is 2. The normalized spacial score (nSPS) is 21.0. The molecule has 3 aromatic rings. The number of primary amides is 1. The number of hydrogen-bond acceptors (Lipinski definition) is 6. The number of aromatic nitrogens is 3. The first-order valence-corrected chi connectivity index (χ1v) is 9.37. The van der Waals surface area contributed by atoms with Crippen LogP contribution in [0.3, 0.4) is 0 Å². The van der Waals surface area contributed by atoms with Crippen LogP contribution in [-0.2, 0) is 0 Å². The molecular formula is C19H21ClN6O3. The number of carbonyl (C=O) groups is 2. The van der Waals surface area contributed by atoms with Crippen molar-refractivity contribution in [1.29, 1.82) is 0 Å². The first kappa shape index (κ1) is 19.4. The van der Waals surface area contributed by atoms with Crippen LogP contribution in [0.15, 0.2) is 35.2 Å². The summed E-state index contributed by atoms with van der Waals surface area (Å²) >= 11 is 0. The molecule has 5 heterocycles.